The minimum absolute atomic E-state index is 0.130. The second kappa shape index (κ2) is 11.4. The topological polar surface area (TPSA) is 92.3 Å². The minimum atomic E-state index is -4.50. The summed E-state index contributed by atoms with van der Waals surface area (Å²) in [5.41, 5.74) is 0.175. The van der Waals surface area contributed by atoms with Gasteiger partial charge in [-0.1, -0.05) is 29.5 Å². The smallest absolute Gasteiger partial charge is 0.416 e. The number of benzene rings is 2. The molecule has 0 radical (unpaired) electrons. The number of carbonyl (C=O) groups excluding carboxylic acids is 1. The molecule has 0 bridgehead atoms. The largest absolute Gasteiger partial charge is 0.493 e. The Morgan fingerprint density at radius 2 is 1.86 bits per heavy atom. The van der Waals surface area contributed by atoms with Gasteiger partial charge in [-0.2, -0.15) is 13.2 Å². The van der Waals surface area contributed by atoms with Gasteiger partial charge in [0.15, 0.2) is 16.3 Å². The van der Waals surface area contributed by atoms with E-state index in [1.165, 1.54) is 43.1 Å². The molecule has 42 heavy (non-hydrogen) atoms. The van der Waals surface area contributed by atoms with Gasteiger partial charge in [0.2, 0.25) is 0 Å². The maximum Gasteiger partial charge on any atom is 0.416 e. The van der Waals surface area contributed by atoms with Crippen LogP contribution in [0.3, 0.4) is 0 Å². The third-order valence-electron chi connectivity index (χ3n) is 6.61. The van der Waals surface area contributed by atoms with Crippen molar-refractivity contribution in [3.05, 3.63) is 102 Å². The van der Waals surface area contributed by atoms with Crippen molar-refractivity contribution in [2.75, 3.05) is 20.8 Å². The number of alkyl halides is 3. The molecule has 0 aliphatic carbocycles. The number of fused-ring (bicyclic) bond motifs is 1. The van der Waals surface area contributed by atoms with Gasteiger partial charge in [-0.25, -0.2) is 9.79 Å². The maximum absolute atomic E-state index is 13.8. The number of hydrogen-bond donors (Lipinski definition) is 0. The number of rotatable bonds is 7. The van der Waals surface area contributed by atoms with Gasteiger partial charge >= 0.3 is 12.1 Å². The highest BCUT2D eigenvalue weighted by Gasteiger charge is 2.34. The number of nitrogens with zero attached hydrogens (tertiary/aromatic N) is 2. The summed E-state index contributed by atoms with van der Waals surface area (Å²) < 4.78 is 63.2. The molecular weight excluding hydrogens is 573 g/mol. The zero-order chi connectivity index (χ0) is 30.2. The Morgan fingerprint density at radius 1 is 1.10 bits per heavy atom. The minimum Gasteiger partial charge on any atom is -0.493 e. The van der Waals surface area contributed by atoms with Gasteiger partial charge in [0, 0.05) is 11.6 Å². The maximum atomic E-state index is 13.8. The van der Waals surface area contributed by atoms with Crippen molar-refractivity contribution in [3.8, 4) is 22.8 Å². The van der Waals surface area contributed by atoms with Gasteiger partial charge < -0.3 is 18.6 Å². The highest BCUT2D eigenvalue weighted by Crippen LogP contribution is 2.36. The van der Waals surface area contributed by atoms with Crippen molar-refractivity contribution in [1.29, 1.82) is 0 Å². The van der Waals surface area contributed by atoms with Crippen molar-refractivity contribution in [2.24, 2.45) is 4.99 Å². The first-order valence-corrected chi connectivity index (χ1v) is 13.6. The Hall–Kier alpha value is -4.58. The van der Waals surface area contributed by atoms with Crippen molar-refractivity contribution in [3.63, 3.8) is 0 Å². The molecule has 218 valence electrons. The average molecular weight is 599 g/mol. The molecule has 4 aromatic rings. The first-order chi connectivity index (χ1) is 20.0. The van der Waals surface area contributed by atoms with Crippen molar-refractivity contribution < 1.29 is 36.6 Å². The highest BCUT2D eigenvalue weighted by molar-refractivity contribution is 7.07. The van der Waals surface area contributed by atoms with E-state index in [1.54, 1.807) is 38.1 Å². The molecule has 3 heterocycles. The van der Waals surface area contributed by atoms with Crippen molar-refractivity contribution >= 4 is 23.4 Å². The van der Waals surface area contributed by atoms with Crippen molar-refractivity contribution in [2.45, 2.75) is 26.1 Å². The zero-order valence-electron chi connectivity index (χ0n) is 22.9. The fourth-order valence-corrected chi connectivity index (χ4v) is 5.72. The third kappa shape index (κ3) is 5.37. The lowest BCUT2D eigenvalue weighted by Crippen LogP contribution is -2.39. The molecule has 5 rings (SSSR count). The molecule has 0 amide bonds. The van der Waals surface area contributed by atoms with E-state index in [-0.39, 0.29) is 33.8 Å². The molecule has 2 aromatic carbocycles. The third-order valence-corrected chi connectivity index (χ3v) is 7.60. The Kier molecular flexibility index (Phi) is 7.83. The van der Waals surface area contributed by atoms with Crippen LogP contribution in [0.25, 0.3) is 17.4 Å². The van der Waals surface area contributed by atoms with Crippen LogP contribution in [0.15, 0.2) is 80.1 Å². The van der Waals surface area contributed by atoms with E-state index in [0.29, 0.717) is 27.6 Å². The lowest BCUT2D eigenvalue weighted by Gasteiger charge is -2.25. The van der Waals surface area contributed by atoms with Crippen LogP contribution in [0.1, 0.15) is 36.8 Å². The van der Waals surface area contributed by atoms with Crippen LogP contribution in [0.2, 0.25) is 0 Å². The molecule has 0 fully saturated rings. The molecule has 1 aliphatic heterocycles. The Balaban J connectivity index is 1.63. The molecule has 2 aromatic heterocycles. The molecule has 1 atom stereocenters. The monoisotopic (exact) mass is 598 g/mol. The molecule has 8 nitrogen and oxygen atoms in total. The van der Waals surface area contributed by atoms with Crippen LogP contribution < -0.4 is 24.4 Å². The fourth-order valence-electron chi connectivity index (χ4n) is 4.69. The van der Waals surface area contributed by atoms with E-state index in [2.05, 4.69) is 4.99 Å². The van der Waals surface area contributed by atoms with E-state index in [4.69, 9.17) is 18.6 Å². The molecule has 0 saturated carbocycles. The molecule has 1 aliphatic rings. The lowest BCUT2D eigenvalue weighted by molar-refractivity contribution is -0.139. The highest BCUT2D eigenvalue weighted by atomic mass is 32.1. The Morgan fingerprint density at radius 3 is 2.55 bits per heavy atom. The number of halogens is 3. The molecular formula is C30H25F3N2O6S. The second-order valence-electron chi connectivity index (χ2n) is 9.20. The van der Waals surface area contributed by atoms with Crippen LogP contribution in [-0.2, 0) is 15.7 Å². The van der Waals surface area contributed by atoms with Crippen molar-refractivity contribution in [1.82, 2.24) is 4.57 Å². The van der Waals surface area contributed by atoms with Crippen LogP contribution in [-0.4, -0.2) is 31.4 Å². The van der Waals surface area contributed by atoms with E-state index >= 15 is 0 Å². The van der Waals surface area contributed by atoms with Crippen LogP contribution in [0, 0.1) is 0 Å². The number of methoxy groups -OCH3 is 2. The SMILES string of the molecule is CCOC(=O)C1=C(C)N=c2s/c(=C/c3ccc(-c4cccc(C(F)(F)F)c4)o3)c(=O)n2C1c1ccc(OC)c(OC)c1. The van der Waals surface area contributed by atoms with Gasteiger partial charge in [-0.15, -0.1) is 0 Å². The summed E-state index contributed by atoms with van der Waals surface area (Å²) >= 11 is 1.09. The van der Waals surface area contributed by atoms with E-state index in [1.807, 2.05) is 0 Å². The van der Waals surface area contributed by atoms with Crippen LogP contribution in [0.4, 0.5) is 13.2 Å². The molecule has 0 saturated heterocycles. The van der Waals surface area contributed by atoms with Crippen LogP contribution in [0.5, 0.6) is 11.5 Å². The predicted molar refractivity (Wildman–Crippen MR) is 149 cm³/mol. The van der Waals surface area contributed by atoms with E-state index < -0.39 is 29.3 Å². The van der Waals surface area contributed by atoms with Gasteiger partial charge in [0.25, 0.3) is 5.56 Å². The second-order valence-corrected chi connectivity index (χ2v) is 10.2. The van der Waals surface area contributed by atoms with Gasteiger partial charge in [-0.3, -0.25) is 9.36 Å². The van der Waals surface area contributed by atoms with E-state index in [9.17, 15) is 22.8 Å². The number of ether oxygens (including phenoxy) is 3. The molecule has 0 spiro atoms. The van der Waals surface area contributed by atoms with Gasteiger partial charge in [-0.05, 0) is 55.8 Å². The summed E-state index contributed by atoms with van der Waals surface area (Å²) in [5, 5.41) is 0. The fraction of sp³-hybridized carbons (Fsp3) is 0.233. The summed E-state index contributed by atoms with van der Waals surface area (Å²) in [6.45, 7) is 3.49. The zero-order valence-corrected chi connectivity index (χ0v) is 23.8. The number of furan rings is 1. The number of carbonyl (C=O) groups is 1. The summed E-state index contributed by atoms with van der Waals surface area (Å²) in [4.78, 5) is 31.8. The number of hydrogen-bond acceptors (Lipinski definition) is 8. The number of thiazole rings is 1. The quantitative estimate of drug-likeness (QED) is 0.275. The molecule has 1 unspecified atom stereocenters. The van der Waals surface area contributed by atoms with Gasteiger partial charge in [0.05, 0.1) is 48.2 Å². The summed E-state index contributed by atoms with van der Waals surface area (Å²) in [6.07, 6.45) is -3.00. The van der Waals surface area contributed by atoms with E-state index in [0.717, 1.165) is 23.5 Å². The Bertz CT molecular complexity index is 1880. The standard InChI is InChI=1S/C30H25F3N2O6S/c1-5-40-28(37)25-16(2)34-29-35(26(25)18-9-11-22(38-3)23(14-18)39-4)27(36)24(42-29)15-20-10-12-21(41-20)17-7-6-8-19(13-17)30(31,32)33/h6-15,26H,5H2,1-4H3/b24-15+. The first-order valence-electron chi connectivity index (χ1n) is 12.7. The van der Waals surface area contributed by atoms with Crippen LogP contribution >= 0.6 is 11.3 Å². The summed E-state index contributed by atoms with van der Waals surface area (Å²) in [7, 11) is 2.99. The summed E-state index contributed by atoms with van der Waals surface area (Å²) in [5.74, 6) is 0.749. The molecule has 12 heteroatoms. The normalized spacial score (nSPS) is 15.3. The predicted octanol–water partition coefficient (Wildman–Crippen LogP) is 5.09. The number of aromatic nitrogens is 1. The Labute approximate surface area is 241 Å². The first kappa shape index (κ1) is 28.9. The number of esters is 1. The number of allylic oxidation sites excluding steroid dienone is 1. The summed E-state index contributed by atoms with van der Waals surface area (Å²) in [6, 6.07) is 12.1. The van der Waals surface area contributed by atoms with Gasteiger partial charge in [0.1, 0.15) is 11.5 Å². The molecule has 0 N–H and O–H groups in total. The average Bonchev–Trinajstić information content (AvgIpc) is 3.55. The lowest BCUT2D eigenvalue weighted by atomic mass is 9.95.